The molecule has 0 saturated carbocycles. The Morgan fingerprint density at radius 2 is 1.96 bits per heavy atom. The van der Waals surface area contributed by atoms with Crippen molar-refractivity contribution in [3.63, 3.8) is 0 Å². The quantitative estimate of drug-likeness (QED) is 0.828. The number of anilines is 1. The Kier molecular flexibility index (Phi) is 4.34. The molecule has 3 heterocycles. The molecule has 0 spiro atoms. The minimum absolute atomic E-state index is 0.0149. The highest BCUT2D eigenvalue weighted by Crippen LogP contribution is 2.29. The molecule has 0 bridgehead atoms. The first kappa shape index (κ1) is 16.3. The van der Waals surface area contributed by atoms with E-state index in [1.54, 1.807) is 12.1 Å². The van der Waals surface area contributed by atoms with Crippen molar-refractivity contribution in [2.45, 2.75) is 32.7 Å². The fraction of sp³-hybridized carbons (Fsp3) is 0.421. The average molecular weight is 357 g/mol. The highest BCUT2D eigenvalue weighted by molar-refractivity contribution is 6.30. The molecule has 6 heteroatoms. The predicted octanol–water partition coefficient (Wildman–Crippen LogP) is 3.24. The van der Waals surface area contributed by atoms with Crippen LogP contribution in [-0.2, 0) is 13.0 Å². The van der Waals surface area contributed by atoms with Crippen molar-refractivity contribution in [3.05, 3.63) is 51.9 Å². The van der Waals surface area contributed by atoms with Crippen LogP contribution in [0.15, 0.2) is 24.3 Å². The third kappa shape index (κ3) is 3.21. The Balaban J connectivity index is 1.65. The van der Waals surface area contributed by atoms with Crippen LogP contribution in [0.25, 0.3) is 0 Å². The summed E-state index contributed by atoms with van der Waals surface area (Å²) >= 11 is 6.04. The summed E-state index contributed by atoms with van der Waals surface area (Å²) in [7, 11) is 0. The Bertz CT molecular complexity index is 817. The first-order valence-corrected chi connectivity index (χ1v) is 9.16. The number of aromatic nitrogens is 2. The molecule has 2 aliphatic heterocycles. The van der Waals surface area contributed by atoms with Gasteiger partial charge in [-0.15, -0.1) is 0 Å². The topological polar surface area (TPSA) is 49.3 Å². The van der Waals surface area contributed by atoms with E-state index in [1.165, 1.54) is 12.8 Å². The average Bonchev–Trinajstić information content (AvgIpc) is 3.14. The summed E-state index contributed by atoms with van der Waals surface area (Å²) in [6.45, 7) is 5.25. The summed E-state index contributed by atoms with van der Waals surface area (Å²) in [5, 5.41) is 0.583. The van der Waals surface area contributed by atoms with Crippen molar-refractivity contribution >= 4 is 23.3 Å². The lowest BCUT2D eigenvalue weighted by Gasteiger charge is -2.31. The van der Waals surface area contributed by atoms with Crippen LogP contribution in [0, 0.1) is 6.92 Å². The van der Waals surface area contributed by atoms with Gasteiger partial charge in [0.2, 0.25) is 0 Å². The number of amides is 1. The molecular formula is C19H21ClN4O. The molecule has 25 heavy (non-hydrogen) atoms. The molecule has 1 fully saturated rings. The third-order valence-corrected chi connectivity index (χ3v) is 5.15. The van der Waals surface area contributed by atoms with E-state index in [4.69, 9.17) is 16.6 Å². The molecule has 2 aromatic rings. The van der Waals surface area contributed by atoms with E-state index in [0.29, 0.717) is 23.7 Å². The highest BCUT2D eigenvalue weighted by atomic mass is 35.5. The first-order valence-electron chi connectivity index (χ1n) is 8.78. The van der Waals surface area contributed by atoms with Crippen molar-refractivity contribution in [3.8, 4) is 0 Å². The van der Waals surface area contributed by atoms with Gasteiger partial charge in [-0.25, -0.2) is 9.97 Å². The molecule has 4 rings (SSSR count). The molecule has 130 valence electrons. The molecule has 1 aromatic carbocycles. The summed E-state index contributed by atoms with van der Waals surface area (Å²) in [5.41, 5.74) is 2.82. The number of hydrogen-bond acceptors (Lipinski definition) is 4. The second-order valence-electron chi connectivity index (χ2n) is 6.70. The van der Waals surface area contributed by atoms with Crippen molar-refractivity contribution in [2.75, 3.05) is 24.5 Å². The van der Waals surface area contributed by atoms with Crippen molar-refractivity contribution in [1.82, 2.24) is 14.9 Å². The molecular weight excluding hydrogens is 336 g/mol. The van der Waals surface area contributed by atoms with E-state index in [1.807, 2.05) is 24.0 Å². The maximum absolute atomic E-state index is 12.9. The largest absolute Gasteiger partial charge is 0.356 e. The number of hydrogen-bond donors (Lipinski definition) is 0. The summed E-state index contributed by atoms with van der Waals surface area (Å²) in [5.74, 6) is 1.85. The van der Waals surface area contributed by atoms with Crippen LogP contribution < -0.4 is 4.90 Å². The van der Waals surface area contributed by atoms with Gasteiger partial charge in [0.15, 0.2) is 0 Å². The van der Waals surface area contributed by atoms with Gasteiger partial charge >= 0.3 is 0 Å². The van der Waals surface area contributed by atoms with Crippen LogP contribution >= 0.6 is 11.6 Å². The maximum Gasteiger partial charge on any atom is 0.254 e. The maximum atomic E-state index is 12.9. The Labute approximate surface area is 152 Å². The number of benzene rings is 1. The summed E-state index contributed by atoms with van der Waals surface area (Å²) in [6.07, 6.45) is 3.16. The predicted molar refractivity (Wildman–Crippen MR) is 98.1 cm³/mol. The molecule has 0 aliphatic carbocycles. The fourth-order valence-corrected chi connectivity index (χ4v) is 3.88. The van der Waals surface area contributed by atoms with E-state index in [9.17, 15) is 4.79 Å². The Morgan fingerprint density at radius 3 is 2.72 bits per heavy atom. The van der Waals surface area contributed by atoms with Crippen molar-refractivity contribution in [1.29, 1.82) is 0 Å². The molecule has 0 radical (unpaired) electrons. The van der Waals surface area contributed by atoms with Gasteiger partial charge in [0, 0.05) is 42.2 Å². The van der Waals surface area contributed by atoms with Crippen LogP contribution in [0.1, 0.15) is 40.3 Å². The van der Waals surface area contributed by atoms with Crippen LogP contribution in [0.2, 0.25) is 5.02 Å². The molecule has 2 aliphatic rings. The molecule has 0 N–H and O–H groups in total. The second kappa shape index (κ2) is 6.64. The van der Waals surface area contributed by atoms with Crippen LogP contribution in [-0.4, -0.2) is 40.4 Å². The van der Waals surface area contributed by atoms with E-state index >= 15 is 0 Å². The van der Waals surface area contributed by atoms with Gasteiger partial charge in [0.1, 0.15) is 11.6 Å². The number of halogens is 1. The van der Waals surface area contributed by atoms with Gasteiger partial charge in [0.05, 0.1) is 12.2 Å². The Morgan fingerprint density at radius 1 is 1.16 bits per heavy atom. The van der Waals surface area contributed by atoms with E-state index in [-0.39, 0.29) is 5.91 Å². The van der Waals surface area contributed by atoms with E-state index < -0.39 is 0 Å². The van der Waals surface area contributed by atoms with E-state index in [0.717, 1.165) is 42.4 Å². The minimum Gasteiger partial charge on any atom is -0.356 e. The lowest BCUT2D eigenvalue weighted by atomic mass is 10.0. The van der Waals surface area contributed by atoms with Crippen LogP contribution in [0.3, 0.4) is 0 Å². The van der Waals surface area contributed by atoms with Gasteiger partial charge in [-0.05, 0) is 38.0 Å². The van der Waals surface area contributed by atoms with Gasteiger partial charge in [-0.2, -0.15) is 0 Å². The zero-order valence-electron chi connectivity index (χ0n) is 14.3. The molecule has 1 saturated heterocycles. The standard InChI is InChI=1S/C19H21ClN4O/c1-13-21-17-7-10-24(19(25)14-5-4-6-15(20)11-14)12-16(17)18(22-13)23-8-2-3-9-23/h4-6,11H,2-3,7-10,12H2,1H3. The van der Waals surface area contributed by atoms with Crippen molar-refractivity contribution < 1.29 is 4.79 Å². The lowest BCUT2D eigenvalue weighted by Crippen LogP contribution is -2.38. The van der Waals surface area contributed by atoms with E-state index in [2.05, 4.69) is 9.88 Å². The zero-order valence-corrected chi connectivity index (χ0v) is 15.1. The van der Waals surface area contributed by atoms with Gasteiger partial charge in [0.25, 0.3) is 5.91 Å². The highest BCUT2D eigenvalue weighted by Gasteiger charge is 2.28. The minimum atomic E-state index is 0.0149. The molecule has 1 aromatic heterocycles. The second-order valence-corrected chi connectivity index (χ2v) is 7.14. The summed E-state index contributed by atoms with van der Waals surface area (Å²) in [6, 6.07) is 7.14. The number of fused-ring (bicyclic) bond motifs is 1. The molecule has 5 nitrogen and oxygen atoms in total. The van der Waals surface area contributed by atoms with Gasteiger partial charge in [-0.3, -0.25) is 4.79 Å². The molecule has 0 unspecified atom stereocenters. The van der Waals surface area contributed by atoms with Gasteiger partial charge < -0.3 is 9.80 Å². The monoisotopic (exact) mass is 356 g/mol. The van der Waals surface area contributed by atoms with Crippen LogP contribution in [0.4, 0.5) is 5.82 Å². The third-order valence-electron chi connectivity index (χ3n) is 4.91. The molecule has 0 atom stereocenters. The normalized spacial score (nSPS) is 16.9. The molecule has 1 amide bonds. The van der Waals surface area contributed by atoms with Crippen molar-refractivity contribution in [2.24, 2.45) is 0 Å². The SMILES string of the molecule is Cc1nc2c(c(N3CCCC3)n1)CN(C(=O)c1cccc(Cl)c1)CC2. The lowest BCUT2D eigenvalue weighted by molar-refractivity contribution is 0.0733. The number of carbonyl (C=O) groups excluding carboxylic acids is 1. The first-order chi connectivity index (χ1) is 12.1. The number of carbonyl (C=O) groups is 1. The van der Waals surface area contributed by atoms with Gasteiger partial charge in [-0.1, -0.05) is 17.7 Å². The Hall–Kier alpha value is -2.14. The number of nitrogens with zero attached hydrogens (tertiary/aromatic N) is 4. The summed E-state index contributed by atoms with van der Waals surface area (Å²) in [4.78, 5) is 26.4. The summed E-state index contributed by atoms with van der Waals surface area (Å²) < 4.78 is 0. The number of rotatable bonds is 2. The zero-order chi connectivity index (χ0) is 17.4. The smallest absolute Gasteiger partial charge is 0.254 e. The number of aryl methyl sites for hydroxylation is 1. The van der Waals surface area contributed by atoms with Crippen LogP contribution in [0.5, 0.6) is 0 Å². The fourth-order valence-electron chi connectivity index (χ4n) is 3.69.